The van der Waals surface area contributed by atoms with E-state index < -0.39 is 35.3 Å². The van der Waals surface area contributed by atoms with Crippen molar-refractivity contribution in [1.82, 2.24) is 20.1 Å². The number of hydrogen-bond donors (Lipinski definition) is 0. The number of piperidine rings is 1. The lowest BCUT2D eigenvalue weighted by Crippen LogP contribution is -2.60. The fourth-order valence-electron chi connectivity index (χ4n) is 7.34. The van der Waals surface area contributed by atoms with E-state index in [9.17, 15) is 26.3 Å². The van der Waals surface area contributed by atoms with Crippen LogP contribution in [0, 0.1) is 10.8 Å². The van der Waals surface area contributed by atoms with E-state index in [1.807, 2.05) is 7.05 Å². The first kappa shape index (κ1) is 23.2. The van der Waals surface area contributed by atoms with Gasteiger partial charge in [0.15, 0.2) is 0 Å². The zero-order valence-electron chi connectivity index (χ0n) is 19.8. The summed E-state index contributed by atoms with van der Waals surface area (Å²) in [6.07, 6.45) is -6.36. The lowest BCUT2D eigenvalue weighted by molar-refractivity contribution is -0.187. The molecule has 37 heavy (non-hydrogen) atoms. The number of fused-ring (bicyclic) bond motifs is 2. The number of benzene rings is 1. The molecular formula is C25H23F6N5O. The number of hydrogen-bond acceptors (Lipinski definition) is 6. The SMILES string of the molecule is CN1CC2(CC(c3nnc([C@]45CN(c6ccc(C(F)(F)F)c7ncccc67)C[C@@]4(C(F)(F)F)C5)o3)C2)C1. The molecule has 0 radical (unpaired) electrons. The standard InChI is InChI=1S/C25H23F6N5O/c1-35-10-21(11-35)7-14(8-21)19-33-34-20(37-19)22-9-23(22,25(29,30)31)13-36(12-22)17-5-4-16(24(26,27)28)18-15(17)3-2-6-32-18/h2-6,14H,7-13H2,1H3/t22-,23-/m0/s1. The first-order valence-electron chi connectivity index (χ1n) is 12.2. The van der Waals surface area contributed by atoms with Crippen LogP contribution >= 0.6 is 0 Å². The summed E-state index contributed by atoms with van der Waals surface area (Å²) in [7, 11) is 2.05. The van der Waals surface area contributed by atoms with Crippen LogP contribution in [0.2, 0.25) is 0 Å². The zero-order chi connectivity index (χ0) is 26.0. The van der Waals surface area contributed by atoms with Crippen molar-refractivity contribution >= 4 is 16.6 Å². The minimum Gasteiger partial charge on any atom is -0.424 e. The molecule has 0 unspecified atom stereocenters. The summed E-state index contributed by atoms with van der Waals surface area (Å²) < 4.78 is 90.1. The average Bonchev–Trinajstić information content (AvgIpc) is 3.08. The van der Waals surface area contributed by atoms with Crippen molar-refractivity contribution in [3.05, 3.63) is 47.8 Å². The highest BCUT2D eigenvalue weighted by molar-refractivity contribution is 5.94. The summed E-state index contributed by atoms with van der Waals surface area (Å²) in [5.74, 6) is 0.409. The van der Waals surface area contributed by atoms with Gasteiger partial charge in [0.25, 0.3) is 0 Å². The van der Waals surface area contributed by atoms with Gasteiger partial charge in [0.2, 0.25) is 11.8 Å². The summed E-state index contributed by atoms with van der Waals surface area (Å²) in [5.41, 5.74) is -4.20. The molecule has 2 saturated heterocycles. The van der Waals surface area contributed by atoms with Crippen LogP contribution in [0.25, 0.3) is 10.9 Å². The molecule has 0 N–H and O–H groups in total. The van der Waals surface area contributed by atoms with Gasteiger partial charge in [-0.05, 0) is 56.0 Å². The normalized spacial score (nSPS) is 29.4. The predicted octanol–water partition coefficient (Wildman–Crippen LogP) is 5.16. The molecule has 196 valence electrons. The lowest BCUT2D eigenvalue weighted by atomic mass is 9.58. The largest absolute Gasteiger partial charge is 0.424 e. The van der Waals surface area contributed by atoms with Crippen molar-refractivity contribution in [2.24, 2.45) is 10.8 Å². The Morgan fingerprint density at radius 3 is 2.41 bits per heavy atom. The Hall–Kier alpha value is -2.89. The quantitative estimate of drug-likeness (QED) is 0.443. The number of halogens is 6. The Kier molecular flexibility index (Phi) is 4.36. The first-order valence-corrected chi connectivity index (χ1v) is 12.2. The van der Waals surface area contributed by atoms with Gasteiger partial charge >= 0.3 is 12.4 Å². The molecule has 2 aliphatic heterocycles. The van der Waals surface area contributed by atoms with E-state index in [2.05, 4.69) is 20.1 Å². The predicted molar refractivity (Wildman–Crippen MR) is 120 cm³/mol. The Morgan fingerprint density at radius 2 is 1.73 bits per heavy atom. The minimum atomic E-state index is -4.64. The molecule has 0 bridgehead atoms. The molecule has 2 saturated carbocycles. The molecular weight excluding hydrogens is 500 g/mol. The fraction of sp³-hybridized carbons (Fsp3) is 0.560. The Labute approximate surface area is 207 Å². The van der Waals surface area contributed by atoms with Crippen molar-refractivity contribution < 1.29 is 30.8 Å². The number of likely N-dealkylation sites (tertiary alicyclic amines) is 1. The number of nitrogens with zero attached hydrogens (tertiary/aromatic N) is 5. The summed E-state index contributed by atoms with van der Waals surface area (Å²) in [5, 5.41) is 8.40. The van der Waals surface area contributed by atoms with Crippen LogP contribution in [0.1, 0.15) is 42.5 Å². The Balaban J connectivity index is 1.22. The van der Waals surface area contributed by atoms with Gasteiger partial charge in [-0.2, -0.15) is 26.3 Å². The van der Waals surface area contributed by atoms with Crippen molar-refractivity contribution in [2.75, 3.05) is 38.1 Å². The molecule has 1 aromatic carbocycles. The maximum absolute atomic E-state index is 14.5. The Morgan fingerprint density at radius 1 is 0.973 bits per heavy atom. The third-order valence-electron chi connectivity index (χ3n) is 9.02. The van der Waals surface area contributed by atoms with Crippen molar-refractivity contribution in [2.45, 2.75) is 42.9 Å². The van der Waals surface area contributed by atoms with Crippen LogP contribution in [0.4, 0.5) is 32.0 Å². The second-order valence-corrected chi connectivity index (χ2v) is 11.4. The van der Waals surface area contributed by atoms with Crippen LogP contribution in [0.3, 0.4) is 0 Å². The molecule has 1 spiro atoms. The molecule has 4 heterocycles. The number of anilines is 1. The second kappa shape index (κ2) is 6.95. The number of aromatic nitrogens is 3. The third kappa shape index (κ3) is 3.07. The molecule has 0 amide bonds. The van der Waals surface area contributed by atoms with E-state index in [-0.39, 0.29) is 46.8 Å². The second-order valence-electron chi connectivity index (χ2n) is 11.4. The van der Waals surface area contributed by atoms with E-state index in [1.54, 1.807) is 0 Å². The van der Waals surface area contributed by atoms with E-state index in [0.717, 1.165) is 32.0 Å². The van der Waals surface area contributed by atoms with Crippen molar-refractivity contribution in [3.63, 3.8) is 0 Å². The van der Waals surface area contributed by atoms with Crippen molar-refractivity contribution in [3.8, 4) is 0 Å². The molecule has 7 rings (SSSR count). The summed E-state index contributed by atoms with van der Waals surface area (Å²) >= 11 is 0. The molecule has 2 atom stereocenters. The third-order valence-corrected chi connectivity index (χ3v) is 9.02. The van der Waals surface area contributed by atoms with Crippen LogP contribution in [0.15, 0.2) is 34.9 Å². The minimum absolute atomic E-state index is 0.0247. The van der Waals surface area contributed by atoms with Crippen LogP contribution < -0.4 is 4.90 Å². The topological polar surface area (TPSA) is 58.3 Å². The number of alkyl halides is 6. The van der Waals surface area contributed by atoms with Gasteiger partial charge in [-0.15, -0.1) is 10.2 Å². The molecule has 2 aliphatic carbocycles. The monoisotopic (exact) mass is 523 g/mol. The van der Waals surface area contributed by atoms with Gasteiger partial charge in [-0.25, -0.2) is 0 Å². The van der Waals surface area contributed by atoms with E-state index >= 15 is 0 Å². The molecule has 4 fully saturated rings. The lowest BCUT2D eigenvalue weighted by Gasteiger charge is -2.57. The summed E-state index contributed by atoms with van der Waals surface area (Å²) in [6.45, 7) is 1.51. The maximum Gasteiger partial charge on any atom is 0.418 e. The van der Waals surface area contributed by atoms with Gasteiger partial charge in [-0.3, -0.25) is 4.98 Å². The van der Waals surface area contributed by atoms with Gasteiger partial charge < -0.3 is 14.2 Å². The van der Waals surface area contributed by atoms with Crippen LogP contribution in [-0.4, -0.2) is 59.5 Å². The van der Waals surface area contributed by atoms with E-state index in [0.29, 0.717) is 5.89 Å². The molecule has 4 aliphatic rings. The van der Waals surface area contributed by atoms with Crippen LogP contribution in [-0.2, 0) is 11.6 Å². The molecule has 12 heteroatoms. The maximum atomic E-state index is 14.5. The van der Waals surface area contributed by atoms with Crippen LogP contribution in [0.5, 0.6) is 0 Å². The summed E-state index contributed by atoms with van der Waals surface area (Å²) in [4.78, 5) is 7.63. The number of pyridine rings is 1. The van der Waals surface area contributed by atoms with E-state index in [4.69, 9.17) is 4.42 Å². The molecule has 6 nitrogen and oxygen atoms in total. The smallest absolute Gasteiger partial charge is 0.418 e. The van der Waals surface area contributed by atoms with E-state index in [1.165, 1.54) is 29.3 Å². The Bertz CT molecular complexity index is 1400. The highest BCUT2D eigenvalue weighted by Gasteiger charge is 2.86. The van der Waals surface area contributed by atoms with Crippen molar-refractivity contribution in [1.29, 1.82) is 0 Å². The van der Waals surface area contributed by atoms with Gasteiger partial charge in [-0.1, -0.05) is 0 Å². The molecule has 2 aromatic heterocycles. The summed E-state index contributed by atoms with van der Waals surface area (Å²) in [6, 6.07) is 5.06. The fourth-order valence-corrected chi connectivity index (χ4v) is 7.34. The average molecular weight is 523 g/mol. The first-order chi connectivity index (χ1) is 17.4. The zero-order valence-corrected chi connectivity index (χ0v) is 19.8. The van der Waals surface area contributed by atoms with Gasteiger partial charge in [0.05, 0.1) is 16.5 Å². The highest BCUT2D eigenvalue weighted by atomic mass is 19.4. The molecule has 3 aromatic rings. The highest BCUT2D eigenvalue weighted by Crippen LogP contribution is 2.75. The van der Waals surface area contributed by atoms with Gasteiger partial charge in [0, 0.05) is 49.4 Å². The van der Waals surface area contributed by atoms with Gasteiger partial charge in [0.1, 0.15) is 5.41 Å². The number of rotatable bonds is 3.